The van der Waals surface area contributed by atoms with Gasteiger partial charge in [0.25, 0.3) is 5.91 Å². The fourth-order valence-corrected chi connectivity index (χ4v) is 3.67. The van der Waals surface area contributed by atoms with Crippen molar-refractivity contribution in [2.75, 3.05) is 19.6 Å². The molecule has 0 radical (unpaired) electrons. The van der Waals surface area contributed by atoms with Gasteiger partial charge < -0.3 is 15.5 Å². The third kappa shape index (κ3) is 5.06. The second-order valence-corrected chi connectivity index (χ2v) is 7.23. The standard InChI is InChI=1S/C19H23N3O2S/c23-18(17-9-5-11-25-17)20-13-16-8-4-10-22(14-16)19(24)21-12-15-6-2-1-3-7-15/h1-3,5-7,9,11,16H,4,8,10,12-14H2,(H,20,23)(H,21,24)/t16-/m1/s1. The van der Waals surface area contributed by atoms with E-state index in [1.54, 1.807) is 0 Å². The van der Waals surface area contributed by atoms with Crippen molar-refractivity contribution in [3.63, 3.8) is 0 Å². The van der Waals surface area contributed by atoms with Crippen LogP contribution in [0.4, 0.5) is 4.79 Å². The van der Waals surface area contributed by atoms with Crippen LogP contribution in [0, 0.1) is 5.92 Å². The molecule has 1 atom stereocenters. The Kier molecular flexibility index (Phi) is 6.06. The quantitative estimate of drug-likeness (QED) is 0.864. The van der Waals surface area contributed by atoms with Crippen molar-refractivity contribution in [1.29, 1.82) is 0 Å². The maximum atomic E-state index is 12.4. The van der Waals surface area contributed by atoms with E-state index >= 15 is 0 Å². The van der Waals surface area contributed by atoms with Crippen LogP contribution in [0.3, 0.4) is 0 Å². The predicted molar refractivity (Wildman–Crippen MR) is 99.6 cm³/mol. The Hall–Kier alpha value is -2.34. The molecule has 1 aromatic carbocycles. The van der Waals surface area contributed by atoms with Crippen molar-refractivity contribution in [2.45, 2.75) is 19.4 Å². The molecule has 25 heavy (non-hydrogen) atoms. The van der Waals surface area contributed by atoms with Gasteiger partial charge in [0.2, 0.25) is 0 Å². The third-order valence-electron chi connectivity index (χ3n) is 4.39. The molecule has 0 aliphatic carbocycles. The van der Waals surface area contributed by atoms with Gasteiger partial charge in [-0.05, 0) is 35.8 Å². The van der Waals surface area contributed by atoms with Gasteiger partial charge in [0.15, 0.2) is 0 Å². The van der Waals surface area contributed by atoms with Crippen LogP contribution in [-0.2, 0) is 6.54 Å². The van der Waals surface area contributed by atoms with Crippen molar-refractivity contribution in [2.24, 2.45) is 5.92 Å². The Morgan fingerprint density at radius 1 is 1.12 bits per heavy atom. The summed E-state index contributed by atoms with van der Waals surface area (Å²) >= 11 is 1.44. The molecule has 3 amide bonds. The lowest BCUT2D eigenvalue weighted by atomic mass is 9.98. The van der Waals surface area contributed by atoms with Crippen molar-refractivity contribution in [1.82, 2.24) is 15.5 Å². The highest BCUT2D eigenvalue weighted by Crippen LogP contribution is 2.16. The highest BCUT2D eigenvalue weighted by Gasteiger charge is 2.24. The molecule has 0 saturated carbocycles. The van der Waals surface area contributed by atoms with Gasteiger partial charge in [-0.25, -0.2) is 4.79 Å². The molecule has 1 fully saturated rings. The highest BCUT2D eigenvalue weighted by molar-refractivity contribution is 7.12. The SMILES string of the molecule is O=C(NC[C@H]1CCCN(C(=O)NCc2ccccc2)C1)c1cccs1. The van der Waals surface area contributed by atoms with E-state index < -0.39 is 0 Å². The number of nitrogens with one attached hydrogen (secondary N) is 2. The van der Waals surface area contributed by atoms with Crippen LogP contribution in [0.2, 0.25) is 0 Å². The minimum atomic E-state index is -0.0295. The smallest absolute Gasteiger partial charge is 0.317 e. The fraction of sp³-hybridized carbons (Fsp3) is 0.368. The molecule has 2 heterocycles. The summed E-state index contributed by atoms with van der Waals surface area (Å²) in [5.74, 6) is 0.279. The highest BCUT2D eigenvalue weighted by atomic mass is 32.1. The number of amides is 3. The van der Waals surface area contributed by atoms with Crippen LogP contribution in [0.25, 0.3) is 0 Å². The summed E-state index contributed by atoms with van der Waals surface area (Å²) in [6, 6.07) is 13.6. The molecule has 1 aliphatic rings. The molecule has 0 bridgehead atoms. The average molecular weight is 357 g/mol. The zero-order chi connectivity index (χ0) is 17.5. The summed E-state index contributed by atoms with van der Waals surface area (Å²) in [7, 11) is 0. The molecule has 1 aliphatic heterocycles. The number of nitrogens with zero attached hydrogens (tertiary/aromatic N) is 1. The molecule has 2 aromatic rings. The van der Waals surface area contributed by atoms with Gasteiger partial charge in [-0.3, -0.25) is 4.79 Å². The van der Waals surface area contributed by atoms with E-state index in [-0.39, 0.29) is 11.9 Å². The first-order valence-corrected chi connectivity index (χ1v) is 9.49. The van der Waals surface area contributed by atoms with Gasteiger partial charge in [0.1, 0.15) is 0 Å². The lowest BCUT2D eigenvalue weighted by Gasteiger charge is -2.32. The molecule has 0 spiro atoms. The predicted octanol–water partition coefficient (Wildman–Crippen LogP) is 3.10. The van der Waals surface area contributed by atoms with E-state index in [9.17, 15) is 9.59 Å². The number of hydrogen-bond acceptors (Lipinski definition) is 3. The second-order valence-electron chi connectivity index (χ2n) is 6.29. The van der Waals surface area contributed by atoms with Crippen LogP contribution < -0.4 is 10.6 Å². The summed E-state index contributed by atoms with van der Waals surface area (Å²) in [5, 5.41) is 7.86. The number of carbonyl (C=O) groups excluding carboxylic acids is 2. The Morgan fingerprint density at radius 2 is 1.96 bits per heavy atom. The topological polar surface area (TPSA) is 61.4 Å². The number of urea groups is 1. The number of piperidine rings is 1. The summed E-state index contributed by atoms with van der Waals surface area (Å²) in [6.07, 6.45) is 2.01. The van der Waals surface area contributed by atoms with Gasteiger partial charge in [0, 0.05) is 26.2 Å². The van der Waals surface area contributed by atoms with E-state index in [0.717, 1.165) is 29.8 Å². The molecule has 132 valence electrons. The molecule has 2 N–H and O–H groups in total. The molecular weight excluding hydrogens is 334 g/mol. The minimum absolute atomic E-state index is 0.0272. The monoisotopic (exact) mass is 357 g/mol. The first kappa shape index (κ1) is 17.5. The van der Waals surface area contributed by atoms with Crippen molar-refractivity contribution < 1.29 is 9.59 Å². The molecule has 1 aromatic heterocycles. The molecule has 6 heteroatoms. The molecule has 0 unspecified atom stereocenters. The van der Waals surface area contributed by atoms with Gasteiger partial charge in [-0.15, -0.1) is 11.3 Å². The lowest BCUT2D eigenvalue weighted by Crippen LogP contribution is -2.47. The average Bonchev–Trinajstić information content (AvgIpc) is 3.20. The Bertz CT molecular complexity index is 688. The second kappa shape index (κ2) is 8.67. The van der Waals surface area contributed by atoms with Crippen LogP contribution in [0.1, 0.15) is 28.1 Å². The van der Waals surface area contributed by atoms with Gasteiger partial charge in [-0.1, -0.05) is 36.4 Å². The van der Waals surface area contributed by atoms with Crippen LogP contribution >= 0.6 is 11.3 Å². The van der Waals surface area contributed by atoms with Gasteiger partial charge in [-0.2, -0.15) is 0 Å². The maximum absolute atomic E-state index is 12.4. The first-order chi connectivity index (χ1) is 12.2. The zero-order valence-corrected chi connectivity index (χ0v) is 14.9. The summed E-state index contributed by atoms with van der Waals surface area (Å²) in [5.41, 5.74) is 1.09. The molecule has 1 saturated heterocycles. The van der Waals surface area contributed by atoms with E-state index in [4.69, 9.17) is 0 Å². The largest absolute Gasteiger partial charge is 0.351 e. The van der Waals surface area contributed by atoms with Gasteiger partial charge >= 0.3 is 6.03 Å². The Balaban J connectivity index is 1.44. The third-order valence-corrected chi connectivity index (χ3v) is 5.26. The van der Waals surface area contributed by atoms with Crippen molar-refractivity contribution in [3.05, 3.63) is 58.3 Å². The molecule has 5 nitrogen and oxygen atoms in total. The lowest BCUT2D eigenvalue weighted by molar-refractivity contribution is 0.0941. The van der Waals surface area contributed by atoms with Crippen molar-refractivity contribution in [3.8, 4) is 0 Å². The Morgan fingerprint density at radius 3 is 2.72 bits per heavy atom. The van der Waals surface area contributed by atoms with E-state index in [1.807, 2.05) is 52.7 Å². The summed E-state index contributed by atoms with van der Waals surface area (Å²) < 4.78 is 0. The Labute approximate surface area is 152 Å². The first-order valence-electron chi connectivity index (χ1n) is 8.61. The van der Waals surface area contributed by atoms with Crippen molar-refractivity contribution >= 4 is 23.3 Å². The normalized spacial score (nSPS) is 17.1. The summed E-state index contributed by atoms with van der Waals surface area (Å²) in [6.45, 7) is 2.61. The number of thiophene rings is 1. The minimum Gasteiger partial charge on any atom is -0.351 e. The maximum Gasteiger partial charge on any atom is 0.317 e. The number of benzene rings is 1. The number of likely N-dealkylation sites (tertiary alicyclic amines) is 1. The van der Waals surface area contributed by atoms with Gasteiger partial charge in [0.05, 0.1) is 4.88 Å². The number of rotatable bonds is 5. The summed E-state index contributed by atoms with van der Waals surface area (Å²) in [4.78, 5) is 27.0. The van der Waals surface area contributed by atoms with E-state index in [1.165, 1.54) is 11.3 Å². The van der Waals surface area contributed by atoms with E-state index in [0.29, 0.717) is 25.6 Å². The number of hydrogen-bond donors (Lipinski definition) is 2. The fourth-order valence-electron chi connectivity index (χ4n) is 3.03. The number of carbonyl (C=O) groups is 2. The van der Waals surface area contributed by atoms with E-state index in [2.05, 4.69) is 10.6 Å². The van der Waals surface area contributed by atoms with Crippen LogP contribution in [0.15, 0.2) is 47.8 Å². The van der Waals surface area contributed by atoms with Crippen LogP contribution in [-0.4, -0.2) is 36.5 Å². The molecular formula is C19H23N3O2S. The zero-order valence-electron chi connectivity index (χ0n) is 14.1. The molecule has 3 rings (SSSR count). The van der Waals surface area contributed by atoms with Crippen LogP contribution in [0.5, 0.6) is 0 Å².